The molecule has 2 rings (SSSR count). The van der Waals surface area contributed by atoms with E-state index in [1.54, 1.807) is 0 Å². The average molecular weight is 340 g/mol. The Morgan fingerprint density at radius 1 is 1.25 bits per heavy atom. The number of halogens is 1. The molecule has 0 amide bonds. The minimum atomic E-state index is 0.249. The summed E-state index contributed by atoms with van der Waals surface area (Å²) < 4.78 is 6.91. The van der Waals surface area contributed by atoms with E-state index in [2.05, 4.69) is 35.0 Å². The van der Waals surface area contributed by atoms with E-state index in [0.29, 0.717) is 0 Å². The number of nitrogens with two attached hydrogens (primary N) is 1. The van der Waals surface area contributed by atoms with Crippen molar-refractivity contribution in [3.63, 3.8) is 0 Å². The Labute approximate surface area is 131 Å². The number of hydrogen-bond donors (Lipinski definition) is 1. The van der Waals surface area contributed by atoms with Crippen LogP contribution in [0.25, 0.3) is 0 Å². The Balaban J connectivity index is 1.84. The third kappa shape index (κ3) is 4.49. The Morgan fingerprint density at radius 2 is 2.05 bits per heavy atom. The van der Waals surface area contributed by atoms with Crippen LogP contribution in [-0.2, 0) is 12.8 Å². The van der Waals surface area contributed by atoms with Gasteiger partial charge in [-0.15, -0.1) is 0 Å². The highest BCUT2D eigenvalue weighted by Crippen LogP contribution is 2.33. The van der Waals surface area contributed by atoms with Crippen LogP contribution in [0.5, 0.6) is 5.75 Å². The highest BCUT2D eigenvalue weighted by atomic mass is 79.9. The van der Waals surface area contributed by atoms with Gasteiger partial charge in [-0.2, -0.15) is 0 Å². The van der Waals surface area contributed by atoms with E-state index in [0.717, 1.165) is 36.1 Å². The maximum absolute atomic E-state index is 6.29. The normalized spacial score (nSPS) is 14.9. The fourth-order valence-corrected chi connectivity index (χ4v) is 3.44. The van der Waals surface area contributed by atoms with E-state index in [4.69, 9.17) is 10.5 Å². The number of benzene rings is 1. The van der Waals surface area contributed by atoms with Crippen LogP contribution in [0.3, 0.4) is 0 Å². The van der Waals surface area contributed by atoms with E-state index in [1.165, 1.54) is 43.2 Å². The van der Waals surface area contributed by atoms with E-state index >= 15 is 0 Å². The van der Waals surface area contributed by atoms with Crippen molar-refractivity contribution in [2.24, 2.45) is 5.73 Å². The number of fused-ring (bicyclic) bond motifs is 1. The van der Waals surface area contributed by atoms with Gasteiger partial charge in [-0.3, -0.25) is 0 Å². The second-order valence-electron chi connectivity index (χ2n) is 5.82. The number of ether oxygens (including phenoxy) is 1. The molecular weight excluding hydrogens is 314 g/mol. The summed E-state index contributed by atoms with van der Waals surface area (Å²) in [5.74, 6) is 1.09. The zero-order chi connectivity index (χ0) is 14.4. The molecule has 1 aliphatic rings. The van der Waals surface area contributed by atoms with Crippen molar-refractivity contribution >= 4 is 15.9 Å². The maximum Gasteiger partial charge on any atom is 0.125 e. The van der Waals surface area contributed by atoms with Crippen molar-refractivity contribution in [2.45, 2.75) is 64.3 Å². The zero-order valence-corrected chi connectivity index (χ0v) is 14.0. The molecule has 0 aliphatic carbocycles. The molecule has 2 nitrogen and oxygen atoms in total. The molecular formula is C17H26BrNO. The molecule has 3 heteroatoms. The summed E-state index contributed by atoms with van der Waals surface area (Å²) in [6, 6.07) is 4.59. The second kappa shape index (κ2) is 8.04. The fourth-order valence-electron chi connectivity index (χ4n) is 2.89. The summed E-state index contributed by atoms with van der Waals surface area (Å²) in [4.78, 5) is 0. The molecule has 1 heterocycles. The van der Waals surface area contributed by atoms with Crippen LogP contribution in [0.15, 0.2) is 16.6 Å². The molecule has 0 radical (unpaired) electrons. The fraction of sp³-hybridized carbons (Fsp3) is 0.647. The molecule has 0 bridgehead atoms. The minimum absolute atomic E-state index is 0.249. The van der Waals surface area contributed by atoms with Crippen molar-refractivity contribution in [1.82, 2.24) is 0 Å². The molecule has 0 aromatic heterocycles. The lowest BCUT2D eigenvalue weighted by atomic mass is 9.98. The van der Waals surface area contributed by atoms with Gasteiger partial charge in [-0.05, 0) is 36.1 Å². The van der Waals surface area contributed by atoms with Crippen LogP contribution in [0, 0.1) is 0 Å². The smallest absolute Gasteiger partial charge is 0.125 e. The molecule has 1 atom stereocenters. The molecule has 0 spiro atoms. The highest BCUT2D eigenvalue weighted by Gasteiger charge is 2.18. The lowest BCUT2D eigenvalue weighted by molar-refractivity contribution is 0.352. The summed E-state index contributed by atoms with van der Waals surface area (Å²) in [6.45, 7) is 3.06. The Hall–Kier alpha value is -0.540. The molecule has 0 fully saturated rings. The van der Waals surface area contributed by atoms with Crippen molar-refractivity contribution < 1.29 is 4.74 Å². The zero-order valence-electron chi connectivity index (χ0n) is 12.5. The van der Waals surface area contributed by atoms with Crippen LogP contribution in [0.2, 0.25) is 0 Å². The van der Waals surface area contributed by atoms with Crippen molar-refractivity contribution in [1.29, 1.82) is 0 Å². The van der Waals surface area contributed by atoms with Gasteiger partial charge in [0.2, 0.25) is 0 Å². The number of rotatable bonds is 8. The maximum atomic E-state index is 6.29. The van der Waals surface area contributed by atoms with E-state index in [1.807, 2.05) is 0 Å². The van der Waals surface area contributed by atoms with Gasteiger partial charge in [0.05, 0.1) is 6.61 Å². The van der Waals surface area contributed by atoms with Crippen LogP contribution in [0.1, 0.15) is 56.6 Å². The third-order valence-corrected chi connectivity index (χ3v) is 4.44. The predicted molar refractivity (Wildman–Crippen MR) is 88.4 cm³/mol. The lowest BCUT2D eigenvalue weighted by Crippen LogP contribution is -2.22. The van der Waals surface area contributed by atoms with E-state index in [9.17, 15) is 0 Å². The van der Waals surface area contributed by atoms with Crippen LogP contribution >= 0.6 is 15.9 Å². The molecule has 1 unspecified atom stereocenters. The quantitative estimate of drug-likeness (QED) is 0.701. The van der Waals surface area contributed by atoms with Gasteiger partial charge in [-0.1, -0.05) is 55.0 Å². The van der Waals surface area contributed by atoms with E-state index < -0.39 is 0 Å². The van der Waals surface area contributed by atoms with E-state index in [-0.39, 0.29) is 6.04 Å². The SMILES string of the molecule is CCCCCCCC(N)Cc1cc(Br)cc2c1OCC2. The Bertz CT molecular complexity index is 433. The number of unbranched alkanes of at least 4 members (excludes halogenated alkanes) is 4. The van der Waals surface area contributed by atoms with Gasteiger partial charge in [-0.25, -0.2) is 0 Å². The Morgan fingerprint density at radius 3 is 2.85 bits per heavy atom. The van der Waals surface area contributed by atoms with Gasteiger partial charge in [0.1, 0.15) is 5.75 Å². The first kappa shape index (κ1) is 15.8. The van der Waals surface area contributed by atoms with Crippen LogP contribution in [-0.4, -0.2) is 12.6 Å². The minimum Gasteiger partial charge on any atom is -0.493 e. The largest absolute Gasteiger partial charge is 0.493 e. The van der Waals surface area contributed by atoms with Crippen LogP contribution in [0.4, 0.5) is 0 Å². The van der Waals surface area contributed by atoms with Gasteiger partial charge < -0.3 is 10.5 Å². The molecule has 112 valence electrons. The standard InChI is InChI=1S/C17H26BrNO/c1-2-3-4-5-6-7-16(19)12-14-11-15(18)10-13-8-9-20-17(13)14/h10-11,16H,2-9,12,19H2,1H3. The molecule has 20 heavy (non-hydrogen) atoms. The summed E-state index contributed by atoms with van der Waals surface area (Å²) >= 11 is 3.59. The summed E-state index contributed by atoms with van der Waals surface area (Å²) in [5, 5.41) is 0. The molecule has 0 saturated heterocycles. The van der Waals surface area contributed by atoms with Gasteiger partial charge in [0.25, 0.3) is 0 Å². The predicted octanol–water partition coefficient (Wildman–Crippen LogP) is 4.61. The topological polar surface area (TPSA) is 35.2 Å². The van der Waals surface area contributed by atoms with Gasteiger partial charge in [0, 0.05) is 16.9 Å². The van der Waals surface area contributed by atoms with Crippen molar-refractivity contribution in [2.75, 3.05) is 6.61 Å². The van der Waals surface area contributed by atoms with Crippen molar-refractivity contribution in [3.05, 3.63) is 27.7 Å². The second-order valence-corrected chi connectivity index (χ2v) is 6.73. The first-order chi connectivity index (χ1) is 9.70. The third-order valence-electron chi connectivity index (χ3n) is 3.99. The summed E-state index contributed by atoms with van der Waals surface area (Å²) in [7, 11) is 0. The highest BCUT2D eigenvalue weighted by molar-refractivity contribution is 9.10. The molecule has 1 aliphatic heterocycles. The molecule has 2 N–H and O–H groups in total. The monoisotopic (exact) mass is 339 g/mol. The average Bonchev–Trinajstić information content (AvgIpc) is 2.86. The summed E-state index contributed by atoms with van der Waals surface area (Å²) in [5.41, 5.74) is 8.89. The first-order valence-corrected chi connectivity index (χ1v) is 8.69. The van der Waals surface area contributed by atoms with Gasteiger partial charge >= 0.3 is 0 Å². The lowest BCUT2D eigenvalue weighted by Gasteiger charge is -2.14. The van der Waals surface area contributed by atoms with Crippen molar-refractivity contribution in [3.8, 4) is 5.75 Å². The van der Waals surface area contributed by atoms with Gasteiger partial charge in [0.15, 0.2) is 0 Å². The number of hydrogen-bond acceptors (Lipinski definition) is 2. The first-order valence-electron chi connectivity index (χ1n) is 7.90. The molecule has 0 saturated carbocycles. The van der Waals surface area contributed by atoms with Crippen LogP contribution < -0.4 is 10.5 Å². The molecule has 1 aromatic rings. The summed E-state index contributed by atoms with van der Waals surface area (Å²) in [6.07, 6.45) is 9.62. The molecule has 1 aromatic carbocycles. The Kier molecular flexibility index (Phi) is 6.37.